The van der Waals surface area contributed by atoms with Gasteiger partial charge >= 0.3 is 0 Å². The number of amides is 1. The average molecular weight is 326 g/mol. The van der Waals surface area contributed by atoms with Crippen LogP contribution in [0.4, 0.5) is 0 Å². The van der Waals surface area contributed by atoms with Crippen LogP contribution in [-0.2, 0) is 16.1 Å². The van der Waals surface area contributed by atoms with Crippen molar-refractivity contribution in [3.63, 3.8) is 0 Å². The Hall–Kier alpha value is -1.47. The molecule has 0 aliphatic heterocycles. The lowest BCUT2D eigenvalue weighted by atomic mass is 9.99. The van der Waals surface area contributed by atoms with Crippen LogP contribution in [0.5, 0.6) is 0 Å². The Kier molecular flexibility index (Phi) is 7.64. The van der Waals surface area contributed by atoms with Gasteiger partial charge in [-0.15, -0.1) is 0 Å². The molecule has 3 atom stereocenters. The molecule has 0 spiro atoms. The molecule has 2 N–H and O–H groups in total. The van der Waals surface area contributed by atoms with Crippen LogP contribution in [0.25, 0.3) is 0 Å². The van der Waals surface area contributed by atoms with Gasteiger partial charge in [-0.25, -0.2) is 0 Å². The molecule has 0 fully saturated rings. The highest BCUT2D eigenvalue weighted by Crippen LogP contribution is 2.15. The van der Waals surface area contributed by atoms with Crippen molar-refractivity contribution < 1.29 is 14.1 Å². The zero-order valence-electron chi connectivity index (χ0n) is 15.1. The molecule has 1 rings (SSSR count). The van der Waals surface area contributed by atoms with Gasteiger partial charge in [-0.05, 0) is 18.8 Å². The summed E-state index contributed by atoms with van der Waals surface area (Å²) in [4.78, 5) is 18.1. The van der Waals surface area contributed by atoms with E-state index in [1.807, 2.05) is 20.8 Å². The highest BCUT2D eigenvalue weighted by molar-refractivity contribution is 5.81. The third-order valence-corrected chi connectivity index (χ3v) is 3.82. The van der Waals surface area contributed by atoms with Crippen LogP contribution < -0.4 is 5.73 Å². The van der Waals surface area contributed by atoms with E-state index in [-0.39, 0.29) is 24.5 Å². The Labute approximate surface area is 138 Å². The minimum atomic E-state index is -0.513. The second-order valence-electron chi connectivity index (χ2n) is 6.52. The molecule has 1 aromatic heterocycles. The fourth-order valence-electron chi connectivity index (χ4n) is 1.94. The first-order valence-corrected chi connectivity index (χ1v) is 8.20. The van der Waals surface area contributed by atoms with E-state index in [2.05, 4.69) is 24.0 Å². The third-order valence-electron chi connectivity index (χ3n) is 3.82. The summed E-state index contributed by atoms with van der Waals surface area (Å²) in [6, 6.07) is -0.513. The fourth-order valence-corrected chi connectivity index (χ4v) is 1.94. The van der Waals surface area contributed by atoms with Gasteiger partial charge in [0.15, 0.2) is 5.82 Å². The number of hydrogen-bond acceptors (Lipinski definition) is 6. The number of ether oxygens (including phenoxy) is 1. The van der Waals surface area contributed by atoms with Crippen molar-refractivity contribution >= 4 is 5.91 Å². The fraction of sp³-hybridized carbons (Fsp3) is 0.812. The van der Waals surface area contributed by atoms with E-state index < -0.39 is 6.04 Å². The Morgan fingerprint density at radius 1 is 1.35 bits per heavy atom. The lowest BCUT2D eigenvalue weighted by Crippen LogP contribution is -2.45. The topological polar surface area (TPSA) is 94.5 Å². The van der Waals surface area contributed by atoms with Gasteiger partial charge in [0.05, 0.1) is 12.6 Å². The minimum absolute atomic E-state index is 0.122. The molecule has 23 heavy (non-hydrogen) atoms. The smallest absolute Gasteiger partial charge is 0.246 e. The Balaban J connectivity index is 2.59. The maximum absolute atomic E-state index is 12.3. The first-order chi connectivity index (χ1) is 10.8. The summed E-state index contributed by atoms with van der Waals surface area (Å²) in [5.41, 5.74) is 5.97. The highest BCUT2D eigenvalue weighted by Gasteiger charge is 2.24. The monoisotopic (exact) mass is 326 g/mol. The van der Waals surface area contributed by atoms with Gasteiger partial charge in [-0.1, -0.05) is 39.3 Å². The van der Waals surface area contributed by atoms with E-state index in [0.29, 0.717) is 24.2 Å². The predicted molar refractivity (Wildman–Crippen MR) is 87.4 cm³/mol. The number of rotatable bonds is 9. The van der Waals surface area contributed by atoms with Gasteiger partial charge in [0, 0.05) is 13.7 Å². The van der Waals surface area contributed by atoms with Gasteiger partial charge in [0.1, 0.15) is 6.10 Å². The van der Waals surface area contributed by atoms with Crippen molar-refractivity contribution in [1.82, 2.24) is 15.0 Å². The third kappa shape index (κ3) is 5.91. The van der Waals surface area contributed by atoms with E-state index in [4.69, 9.17) is 15.0 Å². The molecular formula is C16H30N4O3. The van der Waals surface area contributed by atoms with Gasteiger partial charge < -0.3 is 19.9 Å². The molecule has 0 aliphatic carbocycles. The number of carbonyl (C=O) groups excluding carboxylic acids is 1. The Morgan fingerprint density at radius 2 is 2.00 bits per heavy atom. The molecule has 0 saturated heterocycles. The molecule has 3 unspecified atom stereocenters. The molecule has 0 aliphatic rings. The molecule has 1 heterocycles. The zero-order valence-corrected chi connectivity index (χ0v) is 15.1. The van der Waals surface area contributed by atoms with Crippen LogP contribution >= 0.6 is 0 Å². The molecule has 7 heteroatoms. The largest absolute Gasteiger partial charge is 0.370 e. The summed E-state index contributed by atoms with van der Waals surface area (Å²) >= 11 is 0. The van der Waals surface area contributed by atoms with Gasteiger partial charge in [0.25, 0.3) is 0 Å². The van der Waals surface area contributed by atoms with E-state index in [1.54, 1.807) is 7.05 Å². The van der Waals surface area contributed by atoms with Crippen molar-refractivity contribution in [3.8, 4) is 0 Å². The van der Waals surface area contributed by atoms with E-state index >= 15 is 0 Å². The normalized spacial score (nSPS) is 15.5. The number of aromatic nitrogens is 2. The standard InChI is InChI=1S/C16H30N4O3/c1-7-11(4)14(17)16(21)20(6)8-13-18-15(19-23-13)12(5)22-9-10(2)3/h10-12,14H,7-9,17H2,1-6H3. The molecule has 132 valence electrons. The van der Waals surface area contributed by atoms with Crippen molar-refractivity contribution in [3.05, 3.63) is 11.7 Å². The molecule has 0 aromatic carbocycles. The number of hydrogen-bond donors (Lipinski definition) is 1. The average Bonchev–Trinajstić information content (AvgIpc) is 2.98. The SMILES string of the molecule is CCC(C)C(N)C(=O)N(C)Cc1nc(C(C)OCC(C)C)no1. The lowest BCUT2D eigenvalue weighted by molar-refractivity contribution is -0.133. The summed E-state index contributed by atoms with van der Waals surface area (Å²) in [7, 11) is 1.69. The summed E-state index contributed by atoms with van der Waals surface area (Å²) in [5, 5.41) is 3.92. The van der Waals surface area contributed by atoms with Crippen LogP contribution in [0.2, 0.25) is 0 Å². The number of nitrogens with zero attached hydrogens (tertiary/aromatic N) is 3. The van der Waals surface area contributed by atoms with Gasteiger partial charge in [-0.2, -0.15) is 4.98 Å². The quantitative estimate of drug-likeness (QED) is 0.747. The Bertz CT molecular complexity index is 489. The molecule has 0 saturated carbocycles. The summed E-state index contributed by atoms with van der Waals surface area (Å²) in [6.07, 6.45) is 0.620. The number of nitrogens with two attached hydrogens (primary N) is 1. The van der Waals surface area contributed by atoms with Crippen molar-refractivity contribution in [1.29, 1.82) is 0 Å². The van der Waals surface area contributed by atoms with E-state index in [9.17, 15) is 4.79 Å². The minimum Gasteiger partial charge on any atom is -0.370 e. The maximum atomic E-state index is 12.3. The zero-order chi connectivity index (χ0) is 17.6. The van der Waals surface area contributed by atoms with Gasteiger partial charge in [0.2, 0.25) is 11.8 Å². The predicted octanol–water partition coefficient (Wildman–Crippen LogP) is 2.13. The molecular weight excluding hydrogens is 296 g/mol. The molecule has 1 amide bonds. The molecule has 7 nitrogen and oxygen atoms in total. The second kappa shape index (κ2) is 8.98. The molecule has 1 aromatic rings. The Morgan fingerprint density at radius 3 is 2.57 bits per heavy atom. The highest BCUT2D eigenvalue weighted by atomic mass is 16.5. The van der Waals surface area contributed by atoms with Crippen LogP contribution in [0.1, 0.15) is 58.9 Å². The van der Waals surface area contributed by atoms with Crippen LogP contribution in [0, 0.1) is 11.8 Å². The van der Waals surface area contributed by atoms with Crippen molar-refractivity contribution in [2.24, 2.45) is 17.6 Å². The second-order valence-corrected chi connectivity index (χ2v) is 6.52. The summed E-state index contributed by atoms with van der Waals surface area (Å²) < 4.78 is 10.9. The van der Waals surface area contributed by atoms with E-state index in [0.717, 1.165) is 6.42 Å². The van der Waals surface area contributed by atoms with Crippen LogP contribution in [-0.4, -0.2) is 40.6 Å². The van der Waals surface area contributed by atoms with E-state index in [1.165, 1.54) is 4.90 Å². The van der Waals surface area contributed by atoms with Crippen LogP contribution in [0.15, 0.2) is 4.52 Å². The molecule has 0 bridgehead atoms. The molecule has 0 radical (unpaired) electrons. The first-order valence-electron chi connectivity index (χ1n) is 8.20. The number of carbonyl (C=O) groups is 1. The summed E-state index contributed by atoms with van der Waals surface area (Å²) in [5.74, 6) is 1.32. The summed E-state index contributed by atoms with van der Waals surface area (Å²) in [6.45, 7) is 10.9. The van der Waals surface area contributed by atoms with Crippen molar-refractivity contribution in [2.45, 2.75) is 59.7 Å². The number of likely N-dealkylation sites (N-methyl/N-ethyl adjacent to an activating group) is 1. The maximum Gasteiger partial charge on any atom is 0.246 e. The van der Waals surface area contributed by atoms with Gasteiger partial charge in [-0.3, -0.25) is 4.79 Å². The van der Waals surface area contributed by atoms with Crippen molar-refractivity contribution in [2.75, 3.05) is 13.7 Å². The first kappa shape index (κ1) is 19.6. The lowest BCUT2D eigenvalue weighted by Gasteiger charge is -2.23. The van der Waals surface area contributed by atoms with Crippen LogP contribution in [0.3, 0.4) is 0 Å².